The molecule has 2 aromatic carbocycles. The maximum absolute atomic E-state index is 14.2. The number of carbonyl (C=O) groups excluding carboxylic acids is 1. The van der Waals surface area contributed by atoms with Crippen molar-refractivity contribution in [3.63, 3.8) is 0 Å². The fourth-order valence-corrected chi connectivity index (χ4v) is 4.79. The fraction of sp³-hybridized carbons (Fsp3) is 0.0909. The van der Waals surface area contributed by atoms with Gasteiger partial charge in [0.1, 0.15) is 5.69 Å². The lowest BCUT2D eigenvalue weighted by molar-refractivity contribution is 0.0934. The molecule has 6 rings (SSSR count). The fourth-order valence-electron chi connectivity index (χ4n) is 4.79. The summed E-state index contributed by atoms with van der Waals surface area (Å²) >= 11 is 0. The van der Waals surface area contributed by atoms with Crippen molar-refractivity contribution in [2.75, 3.05) is 5.73 Å². The predicted octanol–water partition coefficient (Wildman–Crippen LogP) is 4.46. The summed E-state index contributed by atoms with van der Waals surface area (Å²) in [5.41, 5.74) is 9.46. The molecule has 9 nitrogen and oxygen atoms in total. The van der Waals surface area contributed by atoms with E-state index >= 15 is 0 Å². The molecule has 42 heavy (non-hydrogen) atoms. The number of benzene rings is 2. The van der Waals surface area contributed by atoms with Gasteiger partial charge in [-0.15, -0.1) is 0 Å². The van der Waals surface area contributed by atoms with Gasteiger partial charge in [0.15, 0.2) is 11.5 Å². The monoisotopic (exact) mass is 551 g/mol. The Kier molecular flexibility index (Phi) is 7.10. The first-order valence-corrected chi connectivity index (χ1v) is 13.3. The maximum Gasteiger partial charge on any atom is 0.274 e. The number of hydrogen-bond acceptors (Lipinski definition) is 7. The van der Waals surface area contributed by atoms with Crippen LogP contribution in [0.4, 0.5) is 5.82 Å². The first-order chi connectivity index (χ1) is 20.5. The van der Waals surface area contributed by atoms with E-state index < -0.39 is 11.9 Å². The summed E-state index contributed by atoms with van der Waals surface area (Å²) in [5, 5.41) is 4.14. The number of nitrogens with two attached hydrogens (primary N) is 1. The summed E-state index contributed by atoms with van der Waals surface area (Å²) in [4.78, 5) is 44.6. The number of pyridine rings is 2. The minimum absolute atomic E-state index is 0.00169. The average molecular weight is 552 g/mol. The third-order valence-electron chi connectivity index (χ3n) is 6.81. The van der Waals surface area contributed by atoms with Crippen LogP contribution >= 0.6 is 0 Å². The molecule has 204 valence electrons. The standard InChI is InChI=1S/C33H25N7O2/c1-21(38-32(41)30-31(34)37-20-27(39-30)26-13-7-17-36-26)28-18-24-10-5-9-23(15-14-22-8-6-16-35-19-22)29(24)33(42)40(28)25-11-3-2-4-12-25/h2-6,8-13,16-21H,7H2,1H3,(H2,34,37)(H,38,41)/t21-/m0/s1. The third-order valence-corrected chi connectivity index (χ3v) is 6.81. The number of amides is 1. The van der Waals surface area contributed by atoms with Crippen LogP contribution in [0.25, 0.3) is 22.2 Å². The van der Waals surface area contributed by atoms with Crippen molar-refractivity contribution < 1.29 is 4.79 Å². The lowest BCUT2D eigenvalue weighted by Crippen LogP contribution is -2.33. The van der Waals surface area contributed by atoms with Crippen molar-refractivity contribution >= 4 is 34.4 Å². The number of nitrogens with zero attached hydrogens (tertiary/aromatic N) is 5. The van der Waals surface area contributed by atoms with E-state index in [4.69, 9.17) is 5.73 Å². The molecule has 3 N–H and O–H groups in total. The summed E-state index contributed by atoms with van der Waals surface area (Å²) < 4.78 is 1.60. The van der Waals surface area contributed by atoms with Crippen molar-refractivity contribution in [2.45, 2.75) is 19.4 Å². The van der Waals surface area contributed by atoms with Gasteiger partial charge in [-0.2, -0.15) is 0 Å². The van der Waals surface area contributed by atoms with Gasteiger partial charge < -0.3 is 11.1 Å². The molecule has 4 heterocycles. The molecule has 0 radical (unpaired) electrons. The van der Waals surface area contributed by atoms with E-state index in [2.05, 4.69) is 37.1 Å². The van der Waals surface area contributed by atoms with Gasteiger partial charge in [-0.25, -0.2) is 9.97 Å². The van der Waals surface area contributed by atoms with E-state index in [9.17, 15) is 9.59 Å². The summed E-state index contributed by atoms with van der Waals surface area (Å²) in [5.74, 6) is 5.73. The van der Waals surface area contributed by atoms with Crippen molar-refractivity contribution in [2.24, 2.45) is 4.99 Å². The van der Waals surface area contributed by atoms with Gasteiger partial charge in [-0.05, 0) is 48.7 Å². The van der Waals surface area contributed by atoms with Gasteiger partial charge >= 0.3 is 0 Å². The lowest BCUT2D eigenvalue weighted by Gasteiger charge is -2.21. The van der Waals surface area contributed by atoms with Crippen LogP contribution in [0.3, 0.4) is 0 Å². The number of nitrogen functional groups attached to an aromatic ring is 1. The molecule has 0 bridgehead atoms. The van der Waals surface area contributed by atoms with Gasteiger partial charge in [0.2, 0.25) is 0 Å². The lowest BCUT2D eigenvalue weighted by atomic mass is 10.0. The topological polar surface area (TPSA) is 128 Å². The largest absolute Gasteiger partial charge is 0.382 e. The van der Waals surface area contributed by atoms with Gasteiger partial charge in [-0.3, -0.25) is 24.1 Å². The van der Waals surface area contributed by atoms with Gasteiger partial charge in [0.25, 0.3) is 11.5 Å². The Morgan fingerprint density at radius 1 is 1.05 bits per heavy atom. The zero-order valence-electron chi connectivity index (χ0n) is 22.7. The zero-order valence-corrected chi connectivity index (χ0v) is 22.7. The van der Waals surface area contributed by atoms with E-state index in [-0.39, 0.29) is 17.1 Å². The second kappa shape index (κ2) is 11.3. The van der Waals surface area contributed by atoms with Gasteiger partial charge in [0, 0.05) is 47.5 Å². The molecule has 1 aliphatic rings. The summed E-state index contributed by atoms with van der Waals surface area (Å²) in [6.07, 6.45) is 9.20. The molecule has 0 fully saturated rings. The summed E-state index contributed by atoms with van der Waals surface area (Å²) in [6.45, 7) is 1.81. The number of allylic oxidation sites excluding steroid dienone is 1. The predicted molar refractivity (Wildman–Crippen MR) is 163 cm³/mol. The Labute approximate surface area is 241 Å². The quantitative estimate of drug-likeness (QED) is 0.310. The number of aliphatic imine (C=N–C) groups is 1. The first-order valence-electron chi connectivity index (χ1n) is 13.3. The second-order valence-corrected chi connectivity index (χ2v) is 9.63. The molecule has 1 amide bonds. The van der Waals surface area contributed by atoms with Crippen molar-refractivity contribution in [3.05, 3.63) is 130 Å². The Balaban J connectivity index is 1.43. The SMILES string of the molecule is C[C@H](NC(=O)c1nc(C2=CCC=N2)cnc1N)c1cc2cccc(C#Cc3cccnc3)c2c(=O)n1-c1ccccc1. The van der Waals surface area contributed by atoms with Crippen molar-refractivity contribution in [1.82, 2.24) is 24.8 Å². The Morgan fingerprint density at radius 2 is 1.90 bits per heavy atom. The number of para-hydroxylation sites is 1. The number of fused-ring (bicyclic) bond motifs is 1. The highest BCUT2D eigenvalue weighted by Crippen LogP contribution is 2.24. The molecule has 1 aliphatic heterocycles. The van der Waals surface area contributed by atoms with Gasteiger partial charge in [0.05, 0.1) is 23.3 Å². The smallest absolute Gasteiger partial charge is 0.274 e. The third kappa shape index (κ3) is 5.17. The van der Waals surface area contributed by atoms with Gasteiger partial charge in [-0.1, -0.05) is 48.2 Å². The van der Waals surface area contributed by atoms with Crippen LogP contribution in [0.1, 0.15) is 52.4 Å². The molecule has 0 saturated heterocycles. The van der Waals surface area contributed by atoms with Crippen LogP contribution in [0.5, 0.6) is 0 Å². The summed E-state index contributed by atoms with van der Waals surface area (Å²) in [6, 6.07) is 19.8. The molecule has 0 unspecified atom stereocenters. The number of carbonyl (C=O) groups is 1. The molecular weight excluding hydrogens is 526 g/mol. The average Bonchev–Trinajstić information content (AvgIpc) is 3.56. The van der Waals surface area contributed by atoms with E-state index in [1.54, 1.807) is 30.1 Å². The molecule has 3 aromatic heterocycles. The minimum Gasteiger partial charge on any atom is -0.382 e. The van der Waals surface area contributed by atoms with E-state index in [1.807, 2.05) is 72.8 Å². The molecule has 5 aromatic rings. The molecular formula is C33H25N7O2. The van der Waals surface area contributed by atoms with Crippen LogP contribution in [0, 0.1) is 11.8 Å². The Bertz CT molecular complexity index is 2000. The second-order valence-electron chi connectivity index (χ2n) is 9.63. The van der Waals surface area contributed by atoms with Crippen LogP contribution in [-0.2, 0) is 0 Å². The highest BCUT2D eigenvalue weighted by Gasteiger charge is 2.22. The van der Waals surface area contributed by atoms with Crippen LogP contribution in [0.15, 0.2) is 101 Å². The highest BCUT2D eigenvalue weighted by molar-refractivity contribution is 5.97. The molecule has 0 saturated carbocycles. The molecule has 9 heteroatoms. The minimum atomic E-state index is -0.603. The highest BCUT2D eigenvalue weighted by atomic mass is 16.2. The first kappa shape index (κ1) is 26.3. The number of rotatable bonds is 5. The Morgan fingerprint density at radius 3 is 2.67 bits per heavy atom. The van der Waals surface area contributed by atoms with E-state index in [1.165, 1.54) is 6.20 Å². The van der Waals surface area contributed by atoms with Crippen LogP contribution in [-0.4, -0.2) is 31.6 Å². The Hall–Kier alpha value is -5.88. The van der Waals surface area contributed by atoms with Crippen molar-refractivity contribution in [3.8, 4) is 17.5 Å². The molecule has 0 spiro atoms. The van der Waals surface area contributed by atoms with Crippen LogP contribution in [0.2, 0.25) is 0 Å². The molecule has 1 atom stereocenters. The van der Waals surface area contributed by atoms with Crippen molar-refractivity contribution in [1.29, 1.82) is 0 Å². The zero-order chi connectivity index (χ0) is 29.1. The number of hydrogen-bond donors (Lipinski definition) is 2. The van der Waals surface area contributed by atoms with Crippen LogP contribution < -0.4 is 16.6 Å². The maximum atomic E-state index is 14.2. The van der Waals surface area contributed by atoms with E-state index in [0.717, 1.165) is 5.56 Å². The number of nitrogens with one attached hydrogen (secondary N) is 1. The van der Waals surface area contributed by atoms with E-state index in [0.29, 0.717) is 45.5 Å². The summed E-state index contributed by atoms with van der Waals surface area (Å²) in [7, 11) is 0. The number of aromatic nitrogens is 4. The molecule has 0 aliphatic carbocycles. The normalized spacial score (nSPS) is 12.8. The number of anilines is 1.